The van der Waals surface area contributed by atoms with Gasteiger partial charge in [0.1, 0.15) is 11.9 Å². The van der Waals surface area contributed by atoms with E-state index in [9.17, 15) is 18.8 Å². The second-order valence-corrected chi connectivity index (χ2v) is 9.88. The fourth-order valence-electron chi connectivity index (χ4n) is 5.13. The summed E-state index contributed by atoms with van der Waals surface area (Å²) in [4.78, 5) is 19.7. The molecule has 1 aliphatic heterocycles. The molecule has 2 aromatic carbocycles. The number of methoxy groups -OCH3 is 1. The molecule has 0 radical (unpaired) electrons. The number of nitriles is 1. The summed E-state index contributed by atoms with van der Waals surface area (Å²) >= 11 is 0. The molecule has 2 atom stereocenters. The Morgan fingerprint density at radius 1 is 1.12 bits per heavy atom. The average Bonchev–Trinajstić information content (AvgIpc) is 3.54. The van der Waals surface area contributed by atoms with Crippen LogP contribution in [0.1, 0.15) is 22.6 Å². The Bertz CT molecular complexity index is 1590. The SMILES string of the molecule is COCCN1CC(NC(=O)Nc2c(C)c(-c3cncc(C#N)c3)nn2-c2ccccc2)C(c2ccc(F)c(F)c2)C1. The zero-order chi connectivity index (χ0) is 28.9. The number of urea groups is 1. The van der Waals surface area contributed by atoms with Gasteiger partial charge < -0.3 is 10.1 Å². The highest BCUT2D eigenvalue weighted by atomic mass is 19.2. The number of aromatic nitrogens is 3. The van der Waals surface area contributed by atoms with Crippen molar-refractivity contribution < 1.29 is 18.3 Å². The van der Waals surface area contributed by atoms with E-state index in [4.69, 9.17) is 9.84 Å². The highest BCUT2D eigenvalue weighted by molar-refractivity contribution is 5.91. The summed E-state index contributed by atoms with van der Waals surface area (Å²) in [6.45, 7) is 4.03. The number of ether oxygens (including phenoxy) is 1. The van der Waals surface area contributed by atoms with Crippen molar-refractivity contribution in [1.29, 1.82) is 5.26 Å². The van der Waals surface area contributed by atoms with Gasteiger partial charge in [-0.15, -0.1) is 0 Å². The van der Waals surface area contributed by atoms with Crippen LogP contribution in [0.25, 0.3) is 16.9 Å². The first kappa shape index (κ1) is 27.9. The summed E-state index contributed by atoms with van der Waals surface area (Å²) in [5.74, 6) is -1.65. The average molecular weight is 558 g/mol. The fourth-order valence-corrected chi connectivity index (χ4v) is 5.13. The maximum Gasteiger partial charge on any atom is 0.320 e. The lowest BCUT2D eigenvalue weighted by Gasteiger charge is -2.21. The quantitative estimate of drug-likeness (QED) is 0.327. The van der Waals surface area contributed by atoms with Crippen molar-refractivity contribution in [3.8, 4) is 23.0 Å². The Hall–Kier alpha value is -4.66. The van der Waals surface area contributed by atoms with Crippen LogP contribution < -0.4 is 10.6 Å². The minimum absolute atomic E-state index is 0.261. The van der Waals surface area contributed by atoms with Gasteiger partial charge in [-0.3, -0.25) is 15.2 Å². The van der Waals surface area contributed by atoms with Gasteiger partial charge in [0.25, 0.3) is 0 Å². The van der Waals surface area contributed by atoms with E-state index in [0.717, 1.165) is 11.8 Å². The summed E-state index contributed by atoms with van der Waals surface area (Å²) in [6, 6.07) is 16.2. The third-order valence-corrected chi connectivity index (χ3v) is 7.19. The topological polar surface area (TPSA) is 108 Å². The lowest BCUT2D eigenvalue weighted by Crippen LogP contribution is -2.42. The van der Waals surface area contributed by atoms with E-state index >= 15 is 0 Å². The van der Waals surface area contributed by atoms with Crippen LogP contribution >= 0.6 is 0 Å². The van der Waals surface area contributed by atoms with Crippen molar-refractivity contribution in [3.63, 3.8) is 0 Å². The van der Waals surface area contributed by atoms with Crippen molar-refractivity contribution in [1.82, 2.24) is 25.0 Å². The molecule has 11 heteroatoms. The summed E-state index contributed by atoms with van der Waals surface area (Å²) in [7, 11) is 1.62. The molecule has 3 heterocycles. The number of nitrogens with one attached hydrogen (secondary N) is 2. The Morgan fingerprint density at radius 2 is 1.93 bits per heavy atom. The number of halogens is 2. The van der Waals surface area contributed by atoms with Crippen LogP contribution in [0, 0.1) is 29.9 Å². The van der Waals surface area contributed by atoms with Crippen molar-refractivity contribution in [3.05, 3.63) is 95.3 Å². The van der Waals surface area contributed by atoms with Crippen LogP contribution in [-0.4, -0.2) is 65.1 Å². The molecule has 0 bridgehead atoms. The Kier molecular flexibility index (Phi) is 8.33. The number of hydrogen-bond acceptors (Lipinski definition) is 6. The first-order chi connectivity index (χ1) is 19.9. The molecule has 5 rings (SSSR count). The summed E-state index contributed by atoms with van der Waals surface area (Å²) < 4.78 is 34.6. The number of nitrogens with zero attached hydrogens (tertiary/aromatic N) is 5. The van der Waals surface area contributed by atoms with Crippen molar-refractivity contribution in [2.45, 2.75) is 18.9 Å². The minimum atomic E-state index is -0.925. The van der Waals surface area contributed by atoms with Crippen LogP contribution in [0.5, 0.6) is 0 Å². The van der Waals surface area contributed by atoms with Gasteiger partial charge in [0.05, 0.1) is 29.6 Å². The molecular weight excluding hydrogens is 528 g/mol. The van der Waals surface area contributed by atoms with Gasteiger partial charge in [0.15, 0.2) is 11.6 Å². The molecule has 4 aromatic rings. The van der Waals surface area contributed by atoms with Gasteiger partial charge in [0.2, 0.25) is 0 Å². The predicted molar refractivity (Wildman–Crippen MR) is 150 cm³/mol. The van der Waals surface area contributed by atoms with E-state index in [1.54, 1.807) is 30.1 Å². The molecule has 2 amide bonds. The largest absolute Gasteiger partial charge is 0.383 e. The second-order valence-electron chi connectivity index (χ2n) is 9.88. The van der Waals surface area contributed by atoms with Gasteiger partial charge >= 0.3 is 6.03 Å². The zero-order valence-corrected chi connectivity index (χ0v) is 22.6. The molecule has 0 spiro atoms. The van der Waals surface area contributed by atoms with E-state index in [-0.39, 0.29) is 12.0 Å². The highest BCUT2D eigenvalue weighted by Crippen LogP contribution is 2.32. The number of anilines is 1. The van der Waals surface area contributed by atoms with Gasteiger partial charge in [0, 0.05) is 56.2 Å². The van der Waals surface area contributed by atoms with Crippen molar-refractivity contribution in [2.75, 3.05) is 38.7 Å². The van der Waals surface area contributed by atoms with Gasteiger partial charge in [-0.1, -0.05) is 24.3 Å². The van der Waals surface area contributed by atoms with E-state index < -0.39 is 17.7 Å². The molecular formula is C30H29F2N7O2. The first-order valence-electron chi connectivity index (χ1n) is 13.1. The second kappa shape index (κ2) is 12.2. The number of amides is 2. The van der Waals surface area contributed by atoms with Crippen LogP contribution in [0.15, 0.2) is 67.0 Å². The Morgan fingerprint density at radius 3 is 2.66 bits per heavy atom. The van der Waals surface area contributed by atoms with Gasteiger partial charge in [-0.05, 0) is 42.8 Å². The standard InChI is InChI=1S/C30H29F2N7O2/c1-19-28(22-12-20(14-33)15-34-16-22)37-39(23-6-4-3-5-7-23)29(19)36-30(40)35-27-18-38(10-11-41-2)17-24(27)21-8-9-25(31)26(32)13-21/h3-9,12-13,15-16,24,27H,10-11,17-18H2,1-2H3,(H2,35,36,40). The maximum absolute atomic E-state index is 14.1. The molecule has 0 saturated carbocycles. The zero-order valence-electron chi connectivity index (χ0n) is 22.6. The number of carbonyl (C=O) groups is 1. The van der Waals surface area contributed by atoms with Gasteiger partial charge in [-0.25, -0.2) is 18.3 Å². The summed E-state index contributed by atoms with van der Waals surface area (Å²) in [6.07, 6.45) is 3.09. The van der Waals surface area contributed by atoms with E-state index in [2.05, 4.69) is 26.6 Å². The van der Waals surface area contributed by atoms with Crippen molar-refractivity contribution in [2.24, 2.45) is 0 Å². The third-order valence-electron chi connectivity index (χ3n) is 7.19. The highest BCUT2D eigenvalue weighted by Gasteiger charge is 2.35. The van der Waals surface area contributed by atoms with Crippen molar-refractivity contribution >= 4 is 11.8 Å². The van der Waals surface area contributed by atoms with Crippen LogP contribution in [0.2, 0.25) is 0 Å². The summed E-state index contributed by atoms with van der Waals surface area (Å²) in [5.41, 5.74) is 3.62. The Labute approximate surface area is 236 Å². The normalized spacial score (nSPS) is 16.9. The van der Waals surface area contributed by atoms with E-state index in [1.165, 1.54) is 12.3 Å². The smallest absolute Gasteiger partial charge is 0.320 e. The maximum atomic E-state index is 14.1. The molecule has 2 N–H and O–H groups in total. The molecule has 41 heavy (non-hydrogen) atoms. The van der Waals surface area contributed by atoms with Crippen LogP contribution in [-0.2, 0) is 4.74 Å². The van der Waals surface area contributed by atoms with Gasteiger partial charge in [-0.2, -0.15) is 10.4 Å². The number of likely N-dealkylation sites (tertiary alicyclic amines) is 1. The molecule has 2 unspecified atom stereocenters. The number of para-hydroxylation sites is 1. The monoisotopic (exact) mass is 557 g/mol. The third kappa shape index (κ3) is 6.09. The fraction of sp³-hybridized carbons (Fsp3) is 0.267. The molecule has 9 nitrogen and oxygen atoms in total. The van der Waals surface area contributed by atoms with E-state index in [1.807, 2.05) is 37.3 Å². The number of pyridine rings is 1. The predicted octanol–water partition coefficient (Wildman–Crippen LogP) is 4.63. The van der Waals surface area contributed by atoms with Crippen LogP contribution in [0.3, 0.4) is 0 Å². The molecule has 1 fully saturated rings. The number of benzene rings is 2. The molecule has 2 aromatic heterocycles. The number of rotatable bonds is 8. The van der Waals surface area contributed by atoms with E-state index in [0.29, 0.717) is 60.0 Å². The molecule has 1 aliphatic rings. The number of hydrogen-bond donors (Lipinski definition) is 2. The molecule has 0 aliphatic carbocycles. The lowest BCUT2D eigenvalue weighted by molar-refractivity contribution is 0.159. The lowest BCUT2D eigenvalue weighted by atomic mass is 9.94. The number of carbonyl (C=O) groups excluding carboxylic acids is 1. The summed E-state index contributed by atoms with van der Waals surface area (Å²) in [5, 5.41) is 20.1. The van der Waals surface area contributed by atoms with Crippen LogP contribution in [0.4, 0.5) is 19.4 Å². The first-order valence-corrected chi connectivity index (χ1v) is 13.1. The minimum Gasteiger partial charge on any atom is -0.383 e. The molecule has 210 valence electrons. The molecule has 1 saturated heterocycles. The Balaban J connectivity index is 1.44.